The molecule has 1 aromatic heterocycles. The molecule has 0 aliphatic carbocycles. The zero-order valence-corrected chi connectivity index (χ0v) is 14.7. The molecule has 132 valence electrons. The van der Waals surface area contributed by atoms with Gasteiger partial charge in [0.1, 0.15) is 16.8 Å². The number of amides is 1. The van der Waals surface area contributed by atoms with E-state index in [4.69, 9.17) is 4.74 Å². The van der Waals surface area contributed by atoms with Gasteiger partial charge in [0, 0.05) is 24.9 Å². The predicted octanol–water partition coefficient (Wildman–Crippen LogP) is 2.35. The number of hydrogen-bond acceptors (Lipinski definition) is 6. The molecule has 8 nitrogen and oxygen atoms in total. The Morgan fingerprint density at radius 1 is 1.50 bits per heavy atom. The van der Waals surface area contributed by atoms with Crippen molar-refractivity contribution in [3.8, 4) is 0 Å². The maximum atomic E-state index is 12.3. The minimum Gasteiger partial charge on any atom is -0.444 e. The summed E-state index contributed by atoms with van der Waals surface area (Å²) in [6.07, 6.45) is 1.50. The summed E-state index contributed by atoms with van der Waals surface area (Å²) in [5.41, 5.74) is -0.673. The fraction of sp³-hybridized carbons (Fsp3) is 0.600. The molecule has 0 bridgehead atoms. The van der Waals surface area contributed by atoms with Crippen molar-refractivity contribution < 1.29 is 18.7 Å². The van der Waals surface area contributed by atoms with Gasteiger partial charge in [0.2, 0.25) is 0 Å². The van der Waals surface area contributed by atoms with Crippen molar-refractivity contribution in [1.82, 2.24) is 9.88 Å². The third kappa shape index (κ3) is 4.98. The number of carbonyl (C=O) groups is 1. The molecule has 0 spiro atoms. The monoisotopic (exact) mass is 355 g/mol. The van der Waals surface area contributed by atoms with Crippen molar-refractivity contribution in [1.29, 1.82) is 0 Å². The second kappa shape index (κ2) is 7.25. The average molecular weight is 355 g/mol. The molecule has 2 rings (SSSR count). The molecular formula is C15H21N3O5S. The van der Waals surface area contributed by atoms with Gasteiger partial charge in [-0.15, -0.1) is 0 Å². The molecule has 24 heavy (non-hydrogen) atoms. The fourth-order valence-electron chi connectivity index (χ4n) is 2.38. The molecule has 1 aliphatic heterocycles. The van der Waals surface area contributed by atoms with Crippen molar-refractivity contribution in [2.45, 2.75) is 37.8 Å². The Labute approximate surface area is 142 Å². The van der Waals surface area contributed by atoms with Crippen molar-refractivity contribution in [2.24, 2.45) is 5.92 Å². The Morgan fingerprint density at radius 3 is 2.75 bits per heavy atom. The minimum absolute atomic E-state index is 0.0929. The second-order valence-electron chi connectivity index (χ2n) is 6.70. The first-order valence-electron chi connectivity index (χ1n) is 7.62. The van der Waals surface area contributed by atoms with Gasteiger partial charge >= 0.3 is 6.09 Å². The number of pyridine rings is 1. The van der Waals surface area contributed by atoms with Gasteiger partial charge in [-0.3, -0.25) is 14.3 Å². The highest BCUT2D eigenvalue weighted by molar-refractivity contribution is 7.84. The quantitative estimate of drug-likeness (QED) is 0.607. The number of rotatable bonds is 4. The summed E-state index contributed by atoms with van der Waals surface area (Å²) in [6, 6.07) is 2.71. The molecule has 0 radical (unpaired) electrons. The lowest BCUT2D eigenvalue weighted by Gasteiger charge is -2.24. The lowest BCUT2D eigenvalue weighted by Crippen LogP contribution is -2.35. The Bertz CT molecular complexity index is 642. The van der Waals surface area contributed by atoms with Crippen molar-refractivity contribution in [2.75, 3.05) is 18.8 Å². The molecule has 1 amide bonds. The molecule has 1 fully saturated rings. The van der Waals surface area contributed by atoms with E-state index in [0.29, 0.717) is 23.9 Å². The molecule has 1 saturated heterocycles. The largest absolute Gasteiger partial charge is 0.444 e. The van der Waals surface area contributed by atoms with Crippen LogP contribution in [0.4, 0.5) is 10.5 Å². The van der Waals surface area contributed by atoms with E-state index >= 15 is 0 Å². The van der Waals surface area contributed by atoms with Crippen molar-refractivity contribution in [3.63, 3.8) is 0 Å². The second-order valence-corrected chi connectivity index (χ2v) is 8.15. The summed E-state index contributed by atoms with van der Waals surface area (Å²) in [5, 5.41) is 10.9. The van der Waals surface area contributed by atoms with Gasteiger partial charge in [0.05, 0.1) is 15.7 Å². The first kappa shape index (κ1) is 18.3. The standard InChI is InChI=1S/C15H21N3O5S/c1-15(2,3)23-14(19)17-7-6-11(9-17)10-24(22)13-5-4-12(8-16-13)18(20)21/h4-5,8,11H,6-7,9-10H2,1-3H3/t11-,24-/m1/s1. The summed E-state index contributed by atoms with van der Waals surface area (Å²) in [6.45, 7) is 6.51. The number of likely N-dealkylation sites (tertiary alicyclic amines) is 1. The van der Waals surface area contributed by atoms with Crippen LogP contribution in [0, 0.1) is 16.0 Å². The minimum atomic E-state index is -1.35. The Hall–Kier alpha value is -2.03. The number of aromatic nitrogens is 1. The van der Waals surface area contributed by atoms with Gasteiger partial charge in [-0.05, 0) is 39.2 Å². The lowest BCUT2D eigenvalue weighted by atomic mass is 10.2. The van der Waals surface area contributed by atoms with Crippen LogP contribution in [0.15, 0.2) is 23.4 Å². The summed E-state index contributed by atoms with van der Waals surface area (Å²) in [4.78, 5) is 27.6. The smallest absolute Gasteiger partial charge is 0.410 e. The summed E-state index contributed by atoms with van der Waals surface area (Å²) in [7, 11) is -1.35. The van der Waals surface area contributed by atoms with Gasteiger partial charge < -0.3 is 9.64 Å². The van der Waals surface area contributed by atoms with Crippen molar-refractivity contribution in [3.05, 3.63) is 28.4 Å². The molecule has 9 heteroatoms. The van der Waals surface area contributed by atoms with Crippen LogP contribution in [0.1, 0.15) is 27.2 Å². The number of ether oxygens (including phenoxy) is 1. The summed E-state index contributed by atoms with van der Waals surface area (Å²) < 4.78 is 17.7. The van der Waals surface area contributed by atoms with Gasteiger partial charge in [0.25, 0.3) is 5.69 Å². The first-order valence-corrected chi connectivity index (χ1v) is 8.94. The Balaban J connectivity index is 1.89. The number of nitrogens with zero attached hydrogens (tertiary/aromatic N) is 3. The molecular weight excluding hydrogens is 334 g/mol. The van der Waals surface area contributed by atoms with E-state index in [1.54, 1.807) is 4.90 Å². The Kier molecular flexibility index (Phi) is 5.53. The predicted molar refractivity (Wildman–Crippen MR) is 88.1 cm³/mol. The van der Waals surface area contributed by atoms with Gasteiger partial charge in [0.15, 0.2) is 0 Å². The van der Waals surface area contributed by atoms with Crippen LogP contribution in [0.2, 0.25) is 0 Å². The van der Waals surface area contributed by atoms with Crippen LogP contribution in [0.3, 0.4) is 0 Å². The third-order valence-electron chi connectivity index (χ3n) is 3.49. The van der Waals surface area contributed by atoms with Crippen LogP contribution >= 0.6 is 0 Å². The molecule has 1 aliphatic rings. The van der Waals surface area contributed by atoms with Gasteiger partial charge in [-0.25, -0.2) is 9.78 Å². The molecule has 2 atom stereocenters. The maximum absolute atomic E-state index is 12.3. The van der Waals surface area contributed by atoms with E-state index in [1.165, 1.54) is 12.1 Å². The highest BCUT2D eigenvalue weighted by atomic mass is 32.2. The van der Waals surface area contributed by atoms with Crippen LogP contribution < -0.4 is 0 Å². The SMILES string of the molecule is CC(C)(C)OC(=O)N1CC[C@@H](C[S@@](=O)c2ccc([N+](=O)[O-])cn2)C1. The van der Waals surface area contributed by atoms with Crippen LogP contribution in [-0.4, -0.2) is 49.6 Å². The van der Waals surface area contributed by atoms with Gasteiger partial charge in [-0.1, -0.05) is 0 Å². The number of carbonyl (C=O) groups excluding carboxylic acids is 1. The molecule has 0 unspecified atom stereocenters. The van der Waals surface area contributed by atoms with Crippen molar-refractivity contribution >= 4 is 22.6 Å². The summed E-state index contributed by atoms with van der Waals surface area (Å²) in [5.74, 6) is 0.458. The first-order chi connectivity index (χ1) is 11.2. The fourth-order valence-corrected chi connectivity index (χ4v) is 3.64. The van der Waals surface area contributed by atoms with E-state index in [0.717, 1.165) is 12.6 Å². The highest BCUT2D eigenvalue weighted by Gasteiger charge is 2.31. The zero-order valence-electron chi connectivity index (χ0n) is 13.9. The normalized spacial score (nSPS) is 19.1. The molecule has 0 saturated carbocycles. The molecule has 2 heterocycles. The zero-order chi connectivity index (χ0) is 17.9. The topological polar surface area (TPSA) is 103 Å². The number of nitro groups is 1. The third-order valence-corrected chi connectivity index (χ3v) is 4.97. The van der Waals surface area contributed by atoms with E-state index in [2.05, 4.69) is 4.98 Å². The molecule has 0 N–H and O–H groups in total. The Morgan fingerprint density at radius 2 is 2.21 bits per heavy atom. The van der Waals surface area contributed by atoms with E-state index in [-0.39, 0.29) is 17.7 Å². The lowest BCUT2D eigenvalue weighted by molar-refractivity contribution is -0.385. The average Bonchev–Trinajstić information content (AvgIpc) is 2.94. The van der Waals surface area contributed by atoms with Crippen LogP contribution in [0.5, 0.6) is 0 Å². The van der Waals surface area contributed by atoms with Crippen LogP contribution in [0.25, 0.3) is 0 Å². The van der Waals surface area contributed by atoms with E-state index in [1.807, 2.05) is 20.8 Å². The van der Waals surface area contributed by atoms with E-state index in [9.17, 15) is 19.1 Å². The molecule has 0 aromatic carbocycles. The summed E-state index contributed by atoms with van der Waals surface area (Å²) >= 11 is 0. The number of hydrogen-bond donors (Lipinski definition) is 0. The highest BCUT2D eigenvalue weighted by Crippen LogP contribution is 2.22. The maximum Gasteiger partial charge on any atom is 0.410 e. The molecule has 1 aromatic rings. The van der Waals surface area contributed by atoms with Crippen LogP contribution in [-0.2, 0) is 15.5 Å². The van der Waals surface area contributed by atoms with Gasteiger partial charge in [-0.2, -0.15) is 0 Å². The van der Waals surface area contributed by atoms with E-state index < -0.39 is 21.3 Å².